The van der Waals surface area contributed by atoms with E-state index in [4.69, 9.17) is 5.73 Å². The average molecular weight is 397 g/mol. The van der Waals surface area contributed by atoms with Crippen LogP contribution in [0.5, 0.6) is 11.5 Å². The molecule has 4 atom stereocenters. The molecule has 0 aromatic heterocycles. The number of carbonyl (C=O) groups is 4. The van der Waals surface area contributed by atoms with E-state index in [1.54, 1.807) is 25.1 Å². The molecule has 8 heteroatoms. The largest absolute Gasteiger partial charge is 0.507 e. The number of phenolic OH excluding ortho intramolecular Hbond substituents is 2. The van der Waals surface area contributed by atoms with Gasteiger partial charge in [0.1, 0.15) is 23.2 Å². The summed E-state index contributed by atoms with van der Waals surface area (Å²) in [5.74, 6) is -7.84. The first-order chi connectivity index (χ1) is 13.5. The second kappa shape index (κ2) is 5.95. The Morgan fingerprint density at radius 2 is 1.83 bits per heavy atom. The Morgan fingerprint density at radius 1 is 1.17 bits per heavy atom. The van der Waals surface area contributed by atoms with Crippen molar-refractivity contribution in [1.29, 1.82) is 0 Å². The SMILES string of the molecule is CC(=O)C1C(=O)[C@H](N)C2Cc3cc4ccc(C)c(O)c4c(O)c3C(=O)[C@]2(O)C1=O. The Bertz CT molecular complexity index is 1150. The number of benzene rings is 2. The fraction of sp³-hybridized carbons (Fsp3) is 0.333. The van der Waals surface area contributed by atoms with Crippen molar-refractivity contribution in [2.45, 2.75) is 31.9 Å². The van der Waals surface area contributed by atoms with Crippen molar-refractivity contribution in [2.24, 2.45) is 17.6 Å². The molecule has 2 aromatic rings. The number of ketones is 4. The summed E-state index contributed by atoms with van der Waals surface area (Å²) in [5.41, 5.74) is 3.70. The van der Waals surface area contributed by atoms with Gasteiger partial charge in [-0.1, -0.05) is 18.2 Å². The lowest BCUT2D eigenvalue weighted by molar-refractivity contribution is -0.158. The van der Waals surface area contributed by atoms with Crippen LogP contribution in [-0.4, -0.2) is 50.1 Å². The maximum Gasteiger partial charge on any atom is 0.206 e. The topological polar surface area (TPSA) is 155 Å². The van der Waals surface area contributed by atoms with Crippen LogP contribution in [0.15, 0.2) is 18.2 Å². The minimum absolute atomic E-state index is 0.0194. The summed E-state index contributed by atoms with van der Waals surface area (Å²) in [6.45, 7) is 2.63. The molecular weight excluding hydrogens is 378 g/mol. The van der Waals surface area contributed by atoms with Crippen LogP contribution in [0.4, 0.5) is 0 Å². The summed E-state index contributed by atoms with van der Waals surface area (Å²) < 4.78 is 0. The number of phenols is 2. The predicted molar refractivity (Wildman–Crippen MR) is 101 cm³/mol. The standard InChI is InChI=1S/C21H19NO7/c1-7-3-4-9-5-10-6-11-15(22)18(26)12(8(2)23)19(27)21(11,29)20(28)14(10)17(25)13(9)16(7)24/h3-5,11-12,15,24-25,29H,6,22H2,1-2H3/t11?,12?,15-,21-/m1/s1. The minimum atomic E-state index is -2.71. The van der Waals surface area contributed by atoms with Gasteiger partial charge in [0.15, 0.2) is 17.2 Å². The van der Waals surface area contributed by atoms with Gasteiger partial charge in [0, 0.05) is 5.92 Å². The first-order valence-corrected chi connectivity index (χ1v) is 9.10. The van der Waals surface area contributed by atoms with E-state index >= 15 is 0 Å². The third-order valence-corrected chi connectivity index (χ3v) is 6.18. The summed E-state index contributed by atoms with van der Waals surface area (Å²) in [4.78, 5) is 50.5. The lowest BCUT2D eigenvalue weighted by atomic mass is 9.58. The van der Waals surface area contributed by atoms with E-state index in [2.05, 4.69) is 0 Å². The van der Waals surface area contributed by atoms with E-state index in [0.717, 1.165) is 6.92 Å². The lowest BCUT2D eigenvalue weighted by Crippen LogP contribution is -2.70. The molecule has 0 aliphatic heterocycles. The van der Waals surface area contributed by atoms with E-state index in [1.165, 1.54) is 0 Å². The summed E-state index contributed by atoms with van der Waals surface area (Å²) in [7, 11) is 0. The Kier molecular flexibility index (Phi) is 3.94. The summed E-state index contributed by atoms with van der Waals surface area (Å²) in [6, 6.07) is 3.45. The Labute approximate surface area is 164 Å². The second-order valence-corrected chi connectivity index (χ2v) is 7.83. The maximum atomic E-state index is 13.3. The van der Waals surface area contributed by atoms with Crippen molar-refractivity contribution in [2.75, 3.05) is 0 Å². The third kappa shape index (κ3) is 2.27. The Morgan fingerprint density at radius 3 is 2.45 bits per heavy atom. The smallest absolute Gasteiger partial charge is 0.206 e. The highest BCUT2D eigenvalue weighted by atomic mass is 16.3. The maximum absolute atomic E-state index is 13.3. The minimum Gasteiger partial charge on any atom is -0.507 e. The molecular formula is C21H19NO7. The van der Waals surface area contributed by atoms with Gasteiger partial charge in [-0.05, 0) is 36.8 Å². The van der Waals surface area contributed by atoms with Gasteiger partial charge in [-0.3, -0.25) is 19.2 Å². The van der Waals surface area contributed by atoms with E-state index in [0.29, 0.717) is 16.5 Å². The number of fused-ring (bicyclic) bond motifs is 3. The molecule has 2 unspecified atom stereocenters. The average Bonchev–Trinajstić information content (AvgIpc) is 2.65. The van der Waals surface area contributed by atoms with Gasteiger partial charge in [-0.15, -0.1) is 0 Å². The fourth-order valence-corrected chi connectivity index (χ4v) is 4.58. The van der Waals surface area contributed by atoms with E-state index < -0.39 is 52.4 Å². The molecule has 2 aliphatic carbocycles. The number of hydrogen-bond donors (Lipinski definition) is 4. The highest BCUT2D eigenvalue weighted by Gasteiger charge is 2.64. The zero-order valence-electron chi connectivity index (χ0n) is 15.7. The monoisotopic (exact) mass is 397 g/mol. The van der Waals surface area contributed by atoms with Crippen molar-refractivity contribution in [3.63, 3.8) is 0 Å². The van der Waals surface area contributed by atoms with Crippen LogP contribution in [0.25, 0.3) is 10.8 Å². The predicted octanol–water partition coefficient (Wildman–Crippen LogP) is 0.330. The van der Waals surface area contributed by atoms with Gasteiger partial charge in [0.05, 0.1) is 17.0 Å². The molecule has 8 nitrogen and oxygen atoms in total. The Hall–Kier alpha value is -3.10. The van der Waals surface area contributed by atoms with Crippen LogP contribution in [-0.2, 0) is 20.8 Å². The molecule has 29 heavy (non-hydrogen) atoms. The molecule has 2 aliphatic rings. The van der Waals surface area contributed by atoms with Crippen LogP contribution in [0.3, 0.4) is 0 Å². The molecule has 4 rings (SSSR count). The normalized spacial score (nSPS) is 29.0. The summed E-state index contributed by atoms with van der Waals surface area (Å²) in [5, 5.41) is 32.8. The molecule has 5 N–H and O–H groups in total. The summed E-state index contributed by atoms with van der Waals surface area (Å²) >= 11 is 0. The third-order valence-electron chi connectivity index (χ3n) is 6.18. The van der Waals surface area contributed by atoms with Gasteiger partial charge in [0.25, 0.3) is 0 Å². The second-order valence-electron chi connectivity index (χ2n) is 7.83. The van der Waals surface area contributed by atoms with Crippen molar-refractivity contribution in [1.82, 2.24) is 0 Å². The number of Topliss-reactive ketones (excluding diaryl/α,β-unsaturated/α-hetero) is 4. The quantitative estimate of drug-likeness (QED) is 0.502. The molecule has 0 radical (unpaired) electrons. The number of hydrogen-bond acceptors (Lipinski definition) is 8. The van der Waals surface area contributed by atoms with Crippen molar-refractivity contribution < 1.29 is 34.5 Å². The van der Waals surface area contributed by atoms with E-state index in [1.807, 2.05) is 0 Å². The number of aliphatic hydroxyl groups is 1. The van der Waals surface area contributed by atoms with Crippen LogP contribution in [0, 0.1) is 18.8 Å². The van der Waals surface area contributed by atoms with Gasteiger partial charge in [0.2, 0.25) is 5.78 Å². The van der Waals surface area contributed by atoms with Crippen LogP contribution in [0.1, 0.15) is 28.4 Å². The molecule has 0 saturated heterocycles. The van der Waals surface area contributed by atoms with Crippen molar-refractivity contribution in [3.8, 4) is 11.5 Å². The number of rotatable bonds is 1. The summed E-state index contributed by atoms with van der Waals surface area (Å²) in [6.07, 6.45) is -0.126. The fourth-order valence-electron chi connectivity index (χ4n) is 4.58. The van der Waals surface area contributed by atoms with Gasteiger partial charge in [-0.25, -0.2) is 0 Å². The number of aryl methyl sites for hydroxylation is 1. The van der Waals surface area contributed by atoms with Crippen molar-refractivity contribution in [3.05, 3.63) is 34.9 Å². The molecule has 0 bridgehead atoms. The molecule has 2 aromatic carbocycles. The van der Waals surface area contributed by atoms with E-state index in [9.17, 15) is 34.5 Å². The first-order valence-electron chi connectivity index (χ1n) is 9.10. The molecule has 0 spiro atoms. The molecule has 150 valence electrons. The molecule has 1 saturated carbocycles. The highest BCUT2D eigenvalue weighted by molar-refractivity contribution is 6.33. The lowest BCUT2D eigenvalue weighted by Gasteiger charge is -2.45. The number of carbonyl (C=O) groups excluding carboxylic acids is 4. The number of nitrogens with two attached hydrogens (primary N) is 1. The van der Waals surface area contributed by atoms with Gasteiger partial charge >= 0.3 is 0 Å². The van der Waals surface area contributed by atoms with Gasteiger partial charge in [-0.2, -0.15) is 0 Å². The Balaban J connectivity index is 2.01. The first kappa shape index (κ1) is 19.2. The highest BCUT2D eigenvalue weighted by Crippen LogP contribution is 2.47. The number of aromatic hydroxyl groups is 2. The van der Waals surface area contributed by atoms with Crippen LogP contribution >= 0.6 is 0 Å². The molecule has 0 amide bonds. The van der Waals surface area contributed by atoms with Gasteiger partial charge < -0.3 is 21.1 Å². The van der Waals surface area contributed by atoms with Crippen LogP contribution < -0.4 is 5.73 Å². The molecule has 0 heterocycles. The van der Waals surface area contributed by atoms with Crippen molar-refractivity contribution >= 4 is 33.9 Å². The van der Waals surface area contributed by atoms with E-state index in [-0.39, 0.29) is 23.1 Å². The zero-order chi connectivity index (χ0) is 21.4. The molecule has 1 fully saturated rings. The van der Waals surface area contributed by atoms with Crippen LogP contribution in [0.2, 0.25) is 0 Å². The zero-order valence-corrected chi connectivity index (χ0v) is 15.7.